The number of aliphatic hydroxyl groups is 1. The highest BCUT2D eigenvalue weighted by Crippen LogP contribution is 1.95. The largest absolute Gasteiger partial charge is 0.479 e. The summed E-state index contributed by atoms with van der Waals surface area (Å²) >= 11 is 0. The zero-order valence-corrected chi connectivity index (χ0v) is 5.32. The predicted octanol–water partition coefficient (Wildman–Crippen LogP) is -1.60. The van der Waals surface area contributed by atoms with E-state index in [-0.39, 0.29) is 0 Å². The molecule has 0 aromatic heterocycles. The molecule has 0 spiro atoms. The van der Waals surface area contributed by atoms with Crippen molar-refractivity contribution in [2.24, 2.45) is 5.73 Å². The Morgan fingerprint density at radius 1 is 1.55 bits per heavy atom. The Kier molecular flexibility index (Phi) is 3.25. The molecule has 6 nitrogen and oxygen atoms in total. The van der Waals surface area contributed by atoms with Gasteiger partial charge in [0.15, 0.2) is 6.23 Å². The van der Waals surface area contributed by atoms with Gasteiger partial charge in [-0.15, -0.1) is 0 Å². The highest BCUT2D eigenvalue weighted by molar-refractivity contribution is 5.76. The lowest BCUT2D eigenvalue weighted by molar-refractivity contribution is -0.147. The third-order valence-electron chi connectivity index (χ3n) is 0.803. The molecule has 11 heavy (non-hydrogen) atoms. The van der Waals surface area contributed by atoms with Crippen molar-refractivity contribution in [1.29, 1.82) is 0 Å². The maximum atomic E-state index is 12.2. The zero-order chi connectivity index (χ0) is 9.02. The number of hydrogen-bond acceptors (Lipinski definition) is 3. The van der Waals surface area contributed by atoms with E-state index in [0.717, 1.165) is 0 Å². The summed E-state index contributed by atoms with van der Waals surface area (Å²) in [5.41, 5.74) is 4.46. The first kappa shape index (κ1) is 9.63. The molecule has 0 unspecified atom stereocenters. The van der Waals surface area contributed by atoms with Gasteiger partial charge in [0.05, 0.1) is 0 Å². The highest BCUT2D eigenvalue weighted by atomic mass is 19.1. The van der Waals surface area contributed by atoms with Gasteiger partial charge < -0.3 is 21.3 Å². The number of aliphatic hydroxyl groups excluding tert-OH is 1. The summed E-state index contributed by atoms with van der Waals surface area (Å²) < 4.78 is 12.2. The van der Waals surface area contributed by atoms with E-state index in [1.807, 2.05) is 0 Å². The third kappa shape index (κ3) is 3.36. The van der Waals surface area contributed by atoms with E-state index < -0.39 is 24.4 Å². The van der Waals surface area contributed by atoms with E-state index in [1.54, 1.807) is 0 Å². The Hall–Kier alpha value is -1.37. The molecule has 7 heteroatoms. The van der Waals surface area contributed by atoms with Crippen LogP contribution in [0.1, 0.15) is 0 Å². The van der Waals surface area contributed by atoms with Crippen molar-refractivity contribution in [2.75, 3.05) is 0 Å². The van der Waals surface area contributed by atoms with Gasteiger partial charge in [0.25, 0.3) is 0 Å². The molecule has 5 N–H and O–H groups in total. The fraction of sp³-hybridized carbons (Fsp3) is 0.500. The molecule has 0 rings (SSSR count). The number of rotatable bonds is 3. The molecule has 2 atom stereocenters. The fourth-order valence-corrected chi connectivity index (χ4v) is 0.354. The standard InChI is InChI=1S/C4H7FN2O4/c5-1(3(9)10)2(8)7-4(6)11/h1-2,8H,(H,9,10)(H3,6,7,11)/t1-,2+/m0/s1. The van der Waals surface area contributed by atoms with Crippen molar-refractivity contribution in [3.8, 4) is 0 Å². The van der Waals surface area contributed by atoms with Crippen molar-refractivity contribution in [1.82, 2.24) is 5.32 Å². The number of primary amides is 1. The second-order valence-electron chi connectivity index (χ2n) is 1.69. The second-order valence-corrected chi connectivity index (χ2v) is 1.69. The number of carbonyl (C=O) groups is 2. The molecule has 0 saturated carbocycles. The lowest BCUT2D eigenvalue weighted by Crippen LogP contribution is -2.46. The molecule has 0 aliphatic rings. The van der Waals surface area contributed by atoms with E-state index in [2.05, 4.69) is 5.73 Å². The van der Waals surface area contributed by atoms with Crippen LogP contribution in [0.25, 0.3) is 0 Å². The van der Waals surface area contributed by atoms with Crippen molar-refractivity contribution in [3.63, 3.8) is 0 Å². The van der Waals surface area contributed by atoms with Crippen LogP contribution in [0, 0.1) is 0 Å². The van der Waals surface area contributed by atoms with Crippen LogP contribution in [0.2, 0.25) is 0 Å². The van der Waals surface area contributed by atoms with Crippen LogP contribution >= 0.6 is 0 Å². The summed E-state index contributed by atoms with van der Waals surface area (Å²) in [4.78, 5) is 19.7. The minimum absolute atomic E-state index is 1.19. The van der Waals surface area contributed by atoms with Crippen LogP contribution in [-0.4, -0.2) is 34.6 Å². The fourth-order valence-electron chi connectivity index (χ4n) is 0.354. The smallest absolute Gasteiger partial charge is 0.343 e. The summed E-state index contributed by atoms with van der Waals surface area (Å²) in [6.07, 6.45) is -4.67. The van der Waals surface area contributed by atoms with Crippen molar-refractivity contribution < 1.29 is 24.2 Å². The van der Waals surface area contributed by atoms with Crippen molar-refractivity contribution in [3.05, 3.63) is 0 Å². The second kappa shape index (κ2) is 3.71. The van der Waals surface area contributed by atoms with Crippen LogP contribution in [0.3, 0.4) is 0 Å². The average Bonchev–Trinajstić information content (AvgIpc) is 1.84. The maximum Gasteiger partial charge on any atom is 0.343 e. The van der Waals surface area contributed by atoms with Gasteiger partial charge in [-0.2, -0.15) is 0 Å². The summed E-state index contributed by atoms with van der Waals surface area (Å²) in [7, 11) is 0. The molecule has 0 radical (unpaired) electrons. The number of nitrogens with two attached hydrogens (primary N) is 1. The summed E-state index contributed by atoms with van der Waals surface area (Å²) in [6, 6.07) is -1.19. The van der Waals surface area contributed by atoms with Gasteiger partial charge in [-0.25, -0.2) is 14.0 Å². The number of carboxylic acid groups (broad SMARTS) is 1. The number of hydrogen-bond donors (Lipinski definition) is 4. The first-order valence-corrected chi connectivity index (χ1v) is 2.56. The van der Waals surface area contributed by atoms with E-state index in [9.17, 15) is 14.0 Å². The Labute approximate surface area is 60.8 Å². The quantitative estimate of drug-likeness (QED) is 0.378. The number of nitrogens with one attached hydrogen (secondary N) is 1. The van der Waals surface area contributed by atoms with Crippen molar-refractivity contribution in [2.45, 2.75) is 12.4 Å². The first-order valence-electron chi connectivity index (χ1n) is 2.56. The maximum absolute atomic E-state index is 12.2. The molecule has 2 amide bonds. The molecule has 0 heterocycles. The molecule has 0 aromatic rings. The summed E-state index contributed by atoms with van der Waals surface area (Å²) in [5, 5.41) is 17.9. The first-order chi connectivity index (χ1) is 4.95. The highest BCUT2D eigenvalue weighted by Gasteiger charge is 2.26. The van der Waals surface area contributed by atoms with Gasteiger partial charge in [-0.3, -0.25) is 0 Å². The van der Waals surface area contributed by atoms with Crippen LogP contribution in [-0.2, 0) is 4.79 Å². The number of amides is 2. The van der Waals surface area contributed by atoms with Gasteiger partial charge in [0.2, 0.25) is 6.17 Å². The number of carbonyl (C=O) groups excluding carboxylic acids is 1. The summed E-state index contributed by atoms with van der Waals surface area (Å²) in [6.45, 7) is 0. The van der Waals surface area contributed by atoms with Gasteiger partial charge >= 0.3 is 12.0 Å². The van der Waals surface area contributed by atoms with Gasteiger partial charge in [0, 0.05) is 0 Å². The number of carboxylic acids is 1. The monoisotopic (exact) mass is 166 g/mol. The van der Waals surface area contributed by atoms with Gasteiger partial charge in [-0.05, 0) is 0 Å². The number of urea groups is 1. The minimum Gasteiger partial charge on any atom is -0.479 e. The Bertz CT molecular complexity index is 173. The van der Waals surface area contributed by atoms with E-state index in [1.165, 1.54) is 5.32 Å². The van der Waals surface area contributed by atoms with E-state index in [4.69, 9.17) is 10.2 Å². The molecular weight excluding hydrogens is 159 g/mol. The molecule has 0 aliphatic carbocycles. The average molecular weight is 166 g/mol. The minimum atomic E-state index is -2.57. The SMILES string of the molecule is NC(=O)N[C@H](O)[C@H](F)C(=O)O. The Morgan fingerprint density at radius 3 is 2.27 bits per heavy atom. The van der Waals surface area contributed by atoms with E-state index in [0.29, 0.717) is 0 Å². The van der Waals surface area contributed by atoms with Crippen molar-refractivity contribution >= 4 is 12.0 Å². The topological polar surface area (TPSA) is 113 Å². The number of halogens is 1. The lowest BCUT2D eigenvalue weighted by atomic mass is 10.3. The molecule has 0 bridgehead atoms. The van der Waals surface area contributed by atoms with E-state index >= 15 is 0 Å². The molecule has 64 valence electrons. The predicted molar refractivity (Wildman–Crippen MR) is 31.3 cm³/mol. The zero-order valence-electron chi connectivity index (χ0n) is 5.32. The van der Waals surface area contributed by atoms with Crippen LogP contribution < -0.4 is 11.1 Å². The van der Waals surface area contributed by atoms with Gasteiger partial charge in [-0.1, -0.05) is 0 Å². The van der Waals surface area contributed by atoms with Crippen LogP contribution in [0.4, 0.5) is 9.18 Å². The third-order valence-corrected chi connectivity index (χ3v) is 0.803. The van der Waals surface area contributed by atoms with Gasteiger partial charge in [0.1, 0.15) is 0 Å². The number of alkyl halides is 1. The van der Waals surface area contributed by atoms with Crippen LogP contribution in [0.5, 0.6) is 0 Å². The Morgan fingerprint density at radius 2 is 2.00 bits per heavy atom. The summed E-state index contributed by atoms with van der Waals surface area (Å²) in [5.74, 6) is -1.87. The normalized spacial score (nSPS) is 15.1. The molecular formula is C4H7FN2O4. The molecule has 0 saturated heterocycles. The molecule has 0 aromatic carbocycles. The number of aliphatic carboxylic acids is 1. The van der Waals surface area contributed by atoms with Crippen LogP contribution in [0.15, 0.2) is 0 Å². The lowest BCUT2D eigenvalue weighted by Gasteiger charge is -2.11. The Balaban J connectivity index is 3.92. The molecule has 0 aliphatic heterocycles. The molecule has 0 fully saturated rings.